The van der Waals surface area contributed by atoms with Gasteiger partial charge in [-0.2, -0.15) is 0 Å². The summed E-state index contributed by atoms with van der Waals surface area (Å²) in [6, 6.07) is 8.97. The minimum atomic E-state index is -2.68. The number of carbonyl (C=O) groups excluding carboxylic acids is 3. The average molecular weight is 545 g/mol. The van der Waals surface area contributed by atoms with Crippen molar-refractivity contribution in [3.63, 3.8) is 0 Å². The number of fused-ring (bicyclic) bond motifs is 3. The maximum atomic E-state index is 13.9. The van der Waals surface area contributed by atoms with Gasteiger partial charge < -0.3 is 30.9 Å². The van der Waals surface area contributed by atoms with Gasteiger partial charge in [0.15, 0.2) is 11.4 Å². The molecule has 1 fully saturated rings. The second-order valence-electron chi connectivity index (χ2n) is 10.4. The van der Waals surface area contributed by atoms with Gasteiger partial charge >= 0.3 is 0 Å². The number of hydrogen-bond donors (Lipinski definition) is 5. The Morgan fingerprint density at radius 3 is 2.50 bits per heavy atom. The van der Waals surface area contributed by atoms with Crippen LogP contribution in [-0.2, 0) is 20.8 Å². The Bertz CT molecular complexity index is 1610. The van der Waals surface area contributed by atoms with Gasteiger partial charge in [-0.25, -0.2) is 0 Å². The minimum absolute atomic E-state index is 0.00414. The van der Waals surface area contributed by atoms with E-state index in [0.29, 0.717) is 22.4 Å². The van der Waals surface area contributed by atoms with Crippen molar-refractivity contribution in [3.05, 3.63) is 75.6 Å². The number of aliphatic hydroxyl groups excluding tert-OH is 2. The topological polar surface area (TPSA) is 171 Å². The van der Waals surface area contributed by atoms with Crippen molar-refractivity contribution >= 4 is 23.2 Å². The van der Waals surface area contributed by atoms with E-state index < -0.39 is 58.0 Å². The number of ketones is 2. The number of Topliss-reactive ketones (excluding diaryl/α,β-unsaturated/α-hetero) is 2. The molecule has 0 radical (unpaired) electrons. The van der Waals surface area contributed by atoms with Crippen LogP contribution in [0.5, 0.6) is 11.5 Å². The fourth-order valence-electron chi connectivity index (χ4n) is 6.20. The summed E-state index contributed by atoms with van der Waals surface area (Å²) in [6.07, 6.45) is 0.162. The summed E-state index contributed by atoms with van der Waals surface area (Å²) in [4.78, 5) is 40.6. The van der Waals surface area contributed by atoms with Crippen LogP contribution in [-0.4, -0.2) is 75.6 Å². The van der Waals surface area contributed by atoms with Crippen molar-refractivity contribution in [2.75, 3.05) is 21.2 Å². The monoisotopic (exact) mass is 544 g/mol. The second-order valence-corrected chi connectivity index (χ2v) is 10.4. The molecule has 4 atom stereocenters. The van der Waals surface area contributed by atoms with Crippen molar-refractivity contribution < 1.29 is 39.5 Å². The number of carbonyl (C=O) groups is 3. The van der Waals surface area contributed by atoms with Gasteiger partial charge in [0.25, 0.3) is 5.91 Å². The van der Waals surface area contributed by atoms with Gasteiger partial charge in [0, 0.05) is 22.6 Å². The Kier molecular flexibility index (Phi) is 6.45. The molecule has 6 N–H and O–H groups in total. The van der Waals surface area contributed by atoms with E-state index in [-0.39, 0.29) is 29.7 Å². The third-order valence-corrected chi connectivity index (χ3v) is 8.02. The van der Waals surface area contributed by atoms with E-state index in [0.717, 1.165) is 0 Å². The molecule has 3 aliphatic rings. The van der Waals surface area contributed by atoms with E-state index in [9.17, 15) is 34.8 Å². The van der Waals surface area contributed by atoms with Gasteiger partial charge in [0.1, 0.15) is 28.6 Å². The van der Waals surface area contributed by atoms with Crippen LogP contribution in [0.2, 0.25) is 0 Å². The molecular formula is C30H28N2O8. The Morgan fingerprint density at radius 2 is 1.85 bits per heavy atom. The zero-order chi connectivity index (χ0) is 29.1. The summed E-state index contributed by atoms with van der Waals surface area (Å²) >= 11 is 0. The third-order valence-electron chi connectivity index (χ3n) is 8.02. The lowest BCUT2D eigenvalue weighted by molar-refractivity contribution is -0.153. The fraction of sp³-hybridized carbons (Fsp3) is 0.300. The Hall–Kier alpha value is -4.59. The lowest BCUT2D eigenvalue weighted by atomic mass is 9.57. The zero-order valence-electron chi connectivity index (χ0n) is 22.1. The van der Waals surface area contributed by atoms with Crippen molar-refractivity contribution in [1.29, 1.82) is 0 Å². The molecule has 0 aromatic heterocycles. The summed E-state index contributed by atoms with van der Waals surface area (Å²) in [6.45, 7) is 0. The second kappa shape index (κ2) is 9.55. The van der Waals surface area contributed by atoms with Gasteiger partial charge in [-0.05, 0) is 68.8 Å². The van der Waals surface area contributed by atoms with Gasteiger partial charge in [-0.1, -0.05) is 17.9 Å². The van der Waals surface area contributed by atoms with Crippen LogP contribution in [0.3, 0.4) is 0 Å². The number of methoxy groups -OCH3 is 1. The number of amides is 1. The predicted octanol–water partition coefficient (Wildman–Crippen LogP) is 1.37. The number of primary amides is 1. The van der Waals surface area contributed by atoms with Crippen LogP contribution >= 0.6 is 0 Å². The van der Waals surface area contributed by atoms with E-state index in [1.807, 2.05) is 0 Å². The van der Waals surface area contributed by atoms with Gasteiger partial charge in [0.05, 0.1) is 18.7 Å². The van der Waals surface area contributed by atoms with Crippen LogP contribution < -0.4 is 10.5 Å². The maximum Gasteiger partial charge on any atom is 0.255 e. The standard InChI is InChI=1S/C30H28N2O8/c1-32(2)24-19-13-16-12-18-15(8-7-14-5-4-6-17(11-14)40-3)9-10-20(33)22(18)25(34)21(16)27(36)30(19,39)28(37)23(26(24)35)29(31)38/h4-6,9-11,16,19,24,33-34,37,39H,12-13H2,1-3H3,(H2,31,38)/t16-,19-,24-,30-/m1/s1. The number of aromatic hydroxyl groups is 1. The number of benzene rings is 2. The number of nitrogens with zero attached hydrogens (tertiary/aromatic N) is 1. The quantitative estimate of drug-likeness (QED) is 0.283. The van der Waals surface area contributed by atoms with Gasteiger partial charge in [-0.3, -0.25) is 19.3 Å². The highest BCUT2D eigenvalue weighted by Crippen LogP contribution is 2.52. The van der Waals surface area contributed by atoms with E-state index in [2.05, 4.69) is 11.8 Å². The molecule has 1 amide bonds. The van der Waals surface area contributed by atoms with Crippen molar-refractivity contribution in [3.8, 4) is 23.3 Å². The first kappa shape index (κ1) is 27.0. The summed E-state index contributed by atoms with van der Waals surface area (Å²) in [5.74, 6) is -0.171. The zero-order valence-corrected chi connectivity index (χ0v) is 22.1. The summed E-state index contributed by atoms with van der Waals surface area (Å²) in [5.41, 5.74) is 3.30. The van der Waals surface area contributed by atoms with E-state index in [4.69, 9.17) is 10.5 Å². The van der Waals surface area contributed by atoms with E-state index >= 15 is 0 Å². The van der Waals surface area contributed by atoms with Gasteiger partial charge in [0.2, 0.25) is 5.78 Å². The number of nitrogens with two attached hydrogens (primary N) is 1. The van der Waals surface area contributed by atoms with Crippen molar-refractivity contribution in [2.24, 2.45) is 17.6 Å². The highest BCUT2D eigenvalue weighted by molar-refractivity contribution is 6.24. The molecule has 0 heterocycles. The summed E-state index contributed by atoms with van der Waals surface area (Å²) < 4.78 is 5.24. The predicted molar refractivity (Wildman–Crippen MR) is 143 cm³/mol. The number of rotatable bonds is 3. The van der Waals surface area contributed by atoms with Crippen molar-refractivity contribution in [2.45, 2.75) is 24.5 Å². The molecule has 10 nitrogen and oxygen atoms in total. The molecule has 3 aliphatic carbocycles. The van der Waals surface area contributed by atoms with Crippen LogP contribution in [0, 0.1) is 23.7 Å². The highest BCUT2D eigenvalue weighted by Gasteiger charge is 2.64. The molecule has 40 heavy (non-hydrogen) atoms. The number of aliphatic hydroxyl groups is 3. The largest absolute Gasteiger partial charge is 0.508 e. The molecule has 206 valence electrons. The molecular weight excluding hydrogens is 516 g/mol. The first-order valence-electron chi connectivity index (χ1n) is 12.6. The van der Waals surface area contributed by atoms with Crippen LogP contribution in [0.25, 0.3) is 5.76 Å². The van der Waals surface area contributed by atoms with E-state index in [1.165, 1.54) is 11.0 Å². The lowest BCUT2D eigenvalue weighted by Crippen LogP contribution is -2.65. The van der Waals surface area contributed by atoms with Crippen molar-refractivity contribution in [1.82, 2.24) is 4.90 Å². The molecule has 2 aromatic rings. The molecule has 2 aromatic carbocycles. The number of likely N-dealkylation sites (N-methyl/N-ethyl adjacent to an activating group) is 1. The minimum Gasteiger partial charge on any atom is -0.508 e. The highest BCUT2D eigenvalue weighted by atomic mass is 16.5. The Balaban J connectivity index is 1.67. The average Bonchev–Trinajstić information content (AvgIpc) is 2.90. The molecule has 1 saturated carbocycles. The molecule has 10 heteroatoms. The van der Waals surface area contributed by atoms with Gasteiger partial charge in [-0.15, -0.1) is 0 Å². The molecule has 0 aliphatic heterocycles. The molecule has 0 unspecified atom stereocenters. The lowest BCUT2D eigenvalue weighted by Gasteiger charge is -2.50. The molecule has 0 bridgehead atoms. The number of phenols is 1. The third kappa shape index (κ3) is 3.86. The molecule has 0 spiro atoms. The Labute approximate surface area is 230 Å². The normalized spacial score (nSPS) is 25.6. The first-order valence-corrected chi connectivity index (χ1v) is 12.6. The van der Waals surface area contributed by atoms with Crippen LogP contribution in [0.4, 0.5) is 0 Å². The first-order chi connectivity index (χ1) is 18.9. The number of ether oxygens (including phenoxy) is 1. The summed E-state index contributed by atoms with van der Waals surface area (Å²) in [7, 11) is 4.66. The van der Waals surface area contributed by atoms with Crippen LogP contribution in [0.15, 0.2) is 53.3 Å². The SMILES string of the molecule is COc1cccc(C#Cc2ccc(O)c3c2C[C@@H]2C[C@@H]4[C@@H](N(C)C)C(=O)C(C(N)=O)=C(O)[C@]4(O)C(=O)C2=C3O)c1. The Morgan fingerprint density at radius 1 is 1.12 bits per heavy atom. The number of phenolic OH excluding ortho intramolecular Hbond substituents is 1. The van der Waals surface area contributed by atoms with E-state index in [1.54, 1.807) is 51.5 Å². The smallest absolute Gasteiger partial charge is 0.255 e. The fourth-order valence-corrected chi connectivity index (χ4v) is 6.20. The van der Waals surface area contributed by atoms with Crippen LogP contribution in [0.1, 0.15) is 28.7 Å². The number of hydrogen-bond acceptors (Lipinski definition) is 9. The summed E-state index contributed by atoms with van der Waals surface area (Å²) in [5, 5.41) is 44.6. The maximum absolute atomic E-state index is 13.9. The molecule has 5 rings (SSSR count). The molecule has 0 saturated heterocycles.